The Morgan fingerprint density at radius 1 is 1.09 bits per heavy atom. The maximum Gasteiger partial charge on any atom is 0.244 e. The molecule has 0 N–H and O–H groups in total. The van der Waals surface area contributed by atoms with Crippen LogP contribution in [-0.2, 0) is 4.79 Å². The molecule has 2 atom stereocenters. The van der Waals surface area contributed by atoms with E-state index >= 15 is 0 Å². The van der Waals surface area contributed by atoms with E-state index in [0.717, 1.165) is 11.3 Å². The molecule has 0 aliphatic heterocycles. The summed E-state index contributed by atoms with van der Waals surface area (Å²) >= 11 is 0. The second-order valence-electron chi connectivity index (χ2n) is 5.22. The van der Waals surface area contributed by atoms with Crippen LogP contribution in [0.25, 0.3) is 0 Å². The Bertz CT molecular complexity index is 646. The van der Waals surface area contributed by atoms with Gasteiger partial charge in [0.25, 0.3) is 0 Å². The van der Waals surface area contributed by atoms with Crippen LogP contribution in [0, 0.1) is 17.2 Å². The number of carbonyl (C=O) groups excluding carboxylic acids is 1. The normalized spacial score (nSPS) is 13.0. The zero-order valence-electron chi connectivity index (χ0n) is 12.9. The van der Waals surface area contributed by atoms with Crippen LogP contribution in [0.4, 0.5) is 5.69 Å². The molecule has 0 bridgehead atoms. The highest BCUT2D eigenvalue weighted by Gasteiger charge is 2.30. The van der Waals surface area contributed by atoms with Gasteiger partial charge < -0.3 is 4.90 Å². The predicted octanol–water partition coefficient (Wildman–Crippen LogP) is 3.98. The molecule has 1 amide bonds. The number of para-hydroxylation sites is 1. The Kier molecular flexibility index (Phi) is 5.32. The van der Waals surface area contributed by atoms with Gasteiger partial charge in [0, 0.05) is 18.2 Å². The van der Waals surface area contributed by atoms with Gasteiger partial charge in [0.05, 0.1) is 6.07 Å². The number of amides is 1. The fraction of sp³-hybridized carbons (Fsp3) is 0.263. The van der Waals surface area contributed by atoms with Gasteiger partial charge in [-0.1, -0.05) is 55.5 Å². The molecule has 0 aliphatic carbocycles. The SMILES string of the molecule is CCN(C(=O)C(C#N)C(C)c1ccccc1)c1ccccc1. The van der Waals surface area contributed by atoms with Crippen LogP contribution >= 0.6 is 0 Å². The minimum Gasteiger partial charge on any atom is -0.312 e. The third-order valence-electron chi connectivity index (χ3n) is 3.88. The summed E-state index contributed by atoms with van der Waals surface area (Å²) in [5.74, 6) is -0.980. The van der Waals surface area contributed by atoms with Gasteiger partial charge in [-0.15, -0.1) is 0 Å². The summed E-state index contributed by atoms with van der Waals surface area (Å²) in [4.78, 5) is 14.5. The van der Waals surface area contributed by atoms with Crippen LogP contribution in [0.15, 0.2) is 60.7 Å². The van der Waals surface area contributed by atoms with Crippen molar-refractivity contribution in [3.63, 3.8) is 0 Å². The smallest absolute Gasteiger partial charge is 0.244 e. The molecule has 0 heterocycles. The van der Waals surface area contributed by atoms with Crippen molar-refractivity contribution >= 4 is 11.6 Å². The van der Waals surface area contributed by atoms with E-state index in [1.165, 1.54) is 0 Å². The third kappa shape index (κ3) is 3.35. The lowest BCUT2D eigenvalue weighted by Gasteiger charge is -2.26. The molecule has 112 valence electrons. The fourth-order valence-corrected chi connectivity index (χ4v) is 2.57. The number of rotatable bonds is 5. The van der Waals surface area contributed by atoms with Gasteiger partial charge in [-0.3, -0.25) is 4.79 Å². The first-order chi connectivity index (χ1) is 10.7. The van der Waals surface area contributed by atoms with Crippen molar-refractivity contribution in [2.75, 3.05) is 11.4 Å². The second-order valence-corrected chi connectivity index (χ2v) is 5.22. The van der Waals surface area contributed by atoms with E-state index in [0.29, 0.717) is 6.54 Å². The highest BCUT2D eigenvalue weighted by atomic mass is 16.2. The molecule has 22 heavy (non-hydrogen) atoms. The van der Waals surface area contributed by atoms with Crippen molar-refractivity contribution in [3.8, 4) is 6.07 Å². The summed E-state index contributed by atoms with van der Waals surface area (Å²) < 4.78 is 0. The minimum atomic E-state index is -0.692. The fourth-order valence-electron chi connectivity index (χ4n) is 2.57. The Labute approximate surface area is 131 Å². The lowest BCUT2D eigenvalue weighted by molar-refractivity contribution is -0.121. The number of benzene rings is 2. The number of nitrogens with zero attached hydrogens (tertiary/aromatic N) is 2. The van der Waals surface area contributed by atoms with Crippen LogP contribution in [0.3, 0.4) is 0 Å². The summed E-state index contributed by atoms with van der Waals surface area (Å²) in [6.45, 7) is 4.40. The molecule has 3 nitrogen and oxygen atoms in total. The standard InChI is InChI=1S/C19H20N2O/c1-3-21(17-12-8-5-9-13-17)19(22)18(14-20)15(2)16-10-6-4-7-11-16/h4-13,15,18H,3H2,1-2H3. The van der Waals surface area contributed by atoms with Crippen LogP contribution < -0.4 is 4.90 Å². The van der Waals surface area contributed by atoms with Crippen molar-refractivity contribution < 1.29 is 4.79 Å². The molecular formula is C19H20N2O. The van der Waals surface area contributed by atoms with Gasteiger partial charge in [-0.05, 0) is 24.6 Å². The summed E-state index contributed by atoms with van der Waals surface area (Å²) in [5, 5.41) is 9.52. The lowest BCUT2D eigenvalue weighted by Crippen LogP contribution is -2.37. The Morgan fingerprint density at radius 3 is 2.14 bits per heavy atom. The average Bonchev–Trinajstić information content (AvgIpc) is 2.58. The summed E-state index contributed by atoms with van der Waals surface area (Å²) in [6.07, 6.45) is 0. The number of hydrogen-bond donors (Lipinski definition) is 0. The van der Waals surface area contributed by atoms with Crippen LogP contribution in [0.5, 0.6) is 0 Å². The molecule has 0 saturated carbocycles. The molecule has 0 spiro atoms. The van der Waals surface area contributed by atoms with E-state index in [1.807, 2.05) is 74.5 Å². The van der Waals surface area contributed by atoms with E-state index in [4.69, 9.17) is 0 Å². The molecule has 2 aromatic rings. The van der Waals surface area contributed by atoms with Gasteiger partial charge in [0.2, 0.25) is 5.91 Å². The quantitative estimate of drug-likeness (QED) is 0.836. The van der Waals surface area contributed by atoms with Gasteiger partial charge >= 0.3 is 0 Å². The first-order valence-electron chi connectivity index (χ1n) is 7.50. The molecule has 0 radical (unpaired) electrons. The van der Waals surface area contributed by atoms with Crippen molar-refractivity contribution in [1.29, 1.82) is 5.26 Å². The van der Waals surface area contributed by atoms with Crippen LogP contribution in [0.1, 0.15) is 25.3 Å². The summed E-state index contributed by atoms with van der Waals surface area (Å²) in [7, 11) is 0. The molecule has 0 saturated heterocycles. The third-order valence-corrected chi connectivity index (χ3v) is 3.88. The summed E-state index contributed by atoms with van der Waals surface area (Å²) in [5.41, 5.74) is 1.84. The molecule has 0 aromatic heterocycles. The van der Waals surface area contributed by atoms with Crippen molar-refractivity contribution in [2.45, 2.75) is 19.8 Å². The van der Waals surface area contributed by atoms with Crippen LogP contribution in [-0.4, -0.2) is 12.5 Å². The minimum absolute atomic E-state index is 0.142. The Morgan fingerprint density at radius 2 is 1.64 bits per heavy atom. The first-order valence-corrected chi connectivity index (χ1v) is 7.50. The molecule has 0 fully saturated rings. The van der Waals surface area contributed by atoms with E-state index < -0.39 is 5.92 Å². The maximum absolute atomic E-state index is 12.8. The lowest BCUT2D eigenvalue weighted by atomic mass is 9.87. The van der Waals surface area contributed by atoms with Crippen molar-refractivity contribution in [2.24, 2.45) is 5.92 Å². The van der Waals surface area contributed by atoms with Crippen molar-refractivity contribution in [3.05, 3.63) is 66.2 Å². The summed E-state index contributed by atoms with van der Waals surface area (Å²) in [6, 6.07) is 21.4. The zero-order chi connectivity index (χ0) is 15.9. The van der Waals surface area contributed by atoms with Crippen molar-refractivity contribution in [1.82, 2.24) is 0 Å². The van der Waals surface area contributed by atoms with Gasteiger partial charge in [0.15, 0.2) is 0 Å². The van der Waals surface area contributed by atoms with Gasteiger partial charge in [0.1, 0.15) is 5.92 Å². The van der Waals surface area contributed by atoms with Gasteiger partial charge in [-0.25, -0.2) is 0 Å². The zero-order valence-corrected chi connectivity index (χ0v) is 12.9. The number of anilines is 1. The van der Waals surface area contributed by atoms with E-state index in [1.54, 1.807) is 4.90 Å². The molecule has 3 heteroatoms. The second kappa shape index (κ2) is 7.42. The molecule has 2 aromatic carbocycles. The molecule has 2 rings (SSSR count). The molecule has 2 unspecified atom stereocenters. The van der Waals surface area contributed by atoms with E-state index in [9.17, 15) is 10.1 Å². The molecule has 0 aliphatic rings. The van der Waals surface area contributed by atoms with E-state index in [-0.39, 0.29) is 11.8 Å². The first kappa shape index (κ1) is 15.8. The van der Waals surface area contributed by atoms with Crippen LogP contribution in [0.2, 0.25) is 0 Å². The monoisotopic (exact) mass is 292 g/mol. The number of hydrogen-bond acceptors (Lipinski definition) is 2. The molecular weight excluding hydrogens is 272 g/mol. The topological polar surface area (TPSA) is 44.1 Å². The largest absolute Gasteiger partial charge is 0.312 e. The number of carbonyl (C=O) groups is 1. The highest BCUT2D eigenvalue weighted by molar-refractivity contribution is 5.97. The average molecular weight is 292 g/mol. The predicted molar refractivity (Wildman–Crippen MR) is 88.4 cm³/mol. The Balaban J connectivity index is 2.27. The maximum atomic E-state index is 12.8. The highest BCUT2D eigenvalue weighted by Crippen LogP contribution is 2.27. The Hall–Kier alpha value is -2.60. The number of nitriles is 1. The van der Waals surface area contributed by atoms with Gasteiger partial charge in [-0.2, -0.15) is 5.26 Å². The van der Waals surface area contributed by atoms with E-state index in [2.05, 4.69) is 6.07 Å².